The van der Waals surface area contributed by atoms with Crippen molar-refractivity contribution in [1.82, 2.24) is 15.2 Å². The first-order chi connectivity index (χ1) is 10.5. The number of halogens is 2. The van der Waals surface area contributed by atoms with Crippen LogP contribution in [-0.2, 0) is 4.74 Å². The molecule has 0 bridgehead atoms. The van der Waals surface area contributed by atoms with Gasteiger partial charge in [-0.15, -0.1) is 0 Å². The molecule has 2 unspecified atom stereocenters. The SMILES string of the molecule is CCCCOC(=O)N1CC(C)NC(c2cc(Cl)nc(Br)c2)C1. The molecule has 1 amide bonds. The molecule has 0 aliphatic carbocycles. The molecule has 5 nitrogen and oxygen atoms in total. The van der Waals surface area contributed by atoms with Gasteiger partial charge in [0.1, 0.15) is 9.76 Å². The summed E-state index contributed by atoms with van der Waals surface area (Å²) in [6, 6.07) is 3.94. The lowest BCUT2D eigenvalue weighted by atomic mass is 10.0. The number of carbonyl (C=O) groups is 1. The normalized spacial score (nSPS) is 21.7. The molecule has 1 aromatic heterocycles. The number of piperazine rings is 1. The summed E-state index contributed by atoms with van der Waals surface area (Å²) in [6.45, 7) is 5.80. The van der Waals surface area contributed by atoms with E-state index in [1.165, 1.54) is 0 Å². The summed E-state index contributed by atoms with van der Waals surface area (Å²) >= 11 is 9.37. The number of rotatable bonds is 4. The zero-order valence-corrected chi connectivity index (χ0v) is 15.2. The fourth-order valence-electron chi connectivity index (χ4n) is 2.50. The molecule has 0 radical (unpaired) electrons. The van der Waals surface area contributed by atoms with Gasteiger partial charge in [-0.25, -0.2) is 9.78 Å². The van der Waals surface area contributed by atoms with E-state index in [4.69, 9.17) is 16.3 Å². The van der Waals surface area contributed by atoms with E-state index in [1.807, 2.05) is 12.1 Å². The highest BCUT2D eigenvalue weighted by molar-refractivity contribution is 9.10. The van der Waals surface area contributed by atoms with Gasteiger partial charge < -0.3 is 15.0 Å². The summed E-state index contributed by atoms with van der Waals surface area (Å²) in [6.07, 6.45) is 1.66. The lowest BCUT2D eigenvalue weighted by Gasteiger charge is -2.37. The van der Waals surface area contributed by atoms with Crippen LogP contribution in [0.3, 0.4) is 0 Å². The highest BCUT2D eigenvalue weighted by Gasteiger charge is 2.29. The van der Waals surface area contributed by atoms with Crippen molar-refractivity contribution in [3.63, 3.8) is 0 Å². The monoisotopic (exact) mass is 389 g/mol. The quantitative estimate of drug-likeness (QED) is 0.628. The van der Waals surface area contributed by atoms with E-state index in [0.29, 0.717) is 29.5 Å². The lowest BCUT2D eigenvalue weighted by Crippen LogP contribution is -2.53. The molecule has 0 aromatic carbocycles. The smallest absolute Gasteiger partial charge is 0.409 e. The van der Waals surface area contributed by atoms with Gasteiger partial charge in [0.15, 0.2) is 0 Å². The molecule has 1 N–H and O–H groups in total. The van der Waals surface area contributed by atoms with Gasteiger partial charge in [-0.2, -0.15) is 0 Å². The molecule has 22 heavy (non-hydrogen) atoms. The Bertz CT molecular complexity index is 509. The molecular formula is C15H21BrClN3O2. The maximum absolute atomic E-state index is 12.2. The van der Waals surface area contributed by atoms with Gasteiger partial charge in [-0.3, -0.25) is 0 Å². The maximum atomic E-state index is 12.2. The lowest BCUT2D eigenvalue weighted by molar-refractivity contribution is 0.0817. The van der Waals surface area contributed by atoms with Crippen molar-refractivity contribution in [3.05, 3.63) is 27.5 Å². The Labute approximate surface area is 144 Å². The fourth-order valence-corrected chi connectivity index (χ4v) is 3.28. The summed E-state index contributed by atoms with van der Waals surface area (Å²) in [4.78, 5) is 18.0. The van der Waals surface area contributed by atoms with Crippen LogP contribution in [0.2, 0.25) is 5.15 Å². The van der Waals surface area contributed by atoms with E-state index in [9.17, 15) is 4.79 Å². The van der Waals surface area contributed by atoms with Crippen LogP contribution in [-0.4, -0.2) is 41.7 Å². The fraction of sp³-hybridized carbons (Fsp3) is 0.600. The highest BCUT2D eigenvalue weighted by Crippen LogP contribution is 2.24. The second-order valence-electron chi connectivity index (χ2n) is 5.54. The van der Waals surface area contributed by atoms with Crippen LogP contribution in [0.15, 0.2) is 16.7 Å². The minimum absolute atomic E-state index is 0.0132. The molecule has 7 heteroatoms. The van der Waals surface area contributed by atoms with E-state index in [1.54, 1.807) is 4.90 Å². The summed E-state index contributed by atoms with van der Waals surface area (Å²) in [7, 11) is 0. The average molecular weight is 391 g/mol. The van der Waals surface area contributed by atoms with Gasteiger partial charge in [0.25, 0.3) is 0 Å². The van der Waals surface area contributed by atoms with Gasteiger partial charge in [0.2, 0.25) is 0 Å². The molecule has 2 atom stereocenters. The molecule has 1 aromatic rings. The molecule has 1 aliphatic rings. The number of amides is 1. The van der Waals surface area contributed by atoms with Crippen LogP contribution in [0, 0.1) is 0 Å². The number of aromatic nitrogens is 1. The average Bonchev–Trinajstić information content (AvgIpc) is 2.45. The van der Waals surface area contributed by atoms with E-state index in [0.717, 1.165) is 18.4 Å². The van der Waals surface area contributed by atoms with Crippen molar-refractivity contribution >= 4 is 33.6 Å². The van der Waals surface area contributed by atoms with Crippen LogP contribution >= 0.6 is 27.5 Å². The first kappa shape index (κ1) is 17.5. The number of carbonyl (C=O) groups excluding carboxylic acids is 1. The Morgan fingerprint density at radius 3 is 3.00 bits per heavy atom. The van der Waals surface area contributed by atoms with Crippen molar-refractivity contribution in [2.45, 2.75) is 38.8 Å². The third-order valence-corrected chi connectivity index (χ3v) is 4.15. The van der Waals surface area contributed by atoms with Crippen molar-refractivity contribution in [2.24, 2.45) is 0 Å². The maximum Gasteiger partial charge on any atom is 0.409 e. The second kappa shape index (κ2) is 8.13. The largest absolute Gasteiger partial charge is 0.449 e. The minimum Gasteiger partial charge on any atom is -0.449 e. The van der Waals surface area contributed by atoms with Crippen LogP contribution < -0.4 is 5.32 Å². The van der Waals surface area contributed by atoms with Crippen LogP contribution in [0.25, 0.3) is 0 Å². The number of unbranched alkanes of at least 4 members (excludes halogenated alkanes) is 1. The Morgan fingerprint density at radius 1 is 1.55 bits per heavy atom. The summed E-state index contributed by atoms with van der Waals surface area (Å²) < 4.78 is 6.00. The number of hydrogen-bond acceptors (Lipinski definition) is 4. The third kappa shape index (κ3) is 4.83. The first-order valence-corrected chi connectivity index (χ1v) is 8.67. The minimum atomic E-state index is -0.244. The van der Waals surface area contributed by atoms with Crippen LogP contribution in [0.4, 0.5) is 4.79 Å². The van der Waals surface area contributed by atoms with E-state index >= 15 is 0 Å². The molecule has 0 spiro atoms. The van der Waals surface area contributed by atoms with Gasteiger partial charge in [-0.1, -0.05) is 24.9 Å². The van der Waals surface area contributed by atoms with Crippen molar-refractivity contribution in [1.29, 1.82) is 0 Å². The van der Waals surface area contributed by atoms with E-state index in [-0.39, 0.29) is 18.2 Å². The van der Waals surface area contributed by atoms with Crippen LogP contribution in [0.1, 0.15) is 38.3 Å². The Balaban J connectivity index is 2.05. The zero-order valence-electron chi connectivity index (χ0n) is 12.8. The topological polar surface area (TPSA) is 54.5 Å². The molecule has 1 fully saturated rings. The molecule has 1 saturated heterocycles. The third-order valence-electron chi connectivity index (χ3n) is 3.55. The molecule has 2 rings (SSSR count). The van der Waals surface area contributed by atoms with Gasteiger partial charge in [0, 0.05) is 19.1 Å². The van der Waals surface area contributed by atoms with E-state index < -0.39 is 0 Å². The second-order valence-corrected chi connectivity index (χ2v) is 6.74. The van der Waals surface area contributed by atoms with Crippen molar-refractivity contribution in [3.8, 4) is 0 Å². The predicted molar refractivity (Wildman–Crippen MR) is 90.1 cm³/mol. The molecular weight excluding hydrogens is 370 g/mol. The zero-order chi connectivity index (χ0) is 16.1. The van der Waals surface area contributed by atoms with Crippen LogP contribution in [0.5, 0.6) is 0 Å². The Hall–Kier alpha value is -0.850. The highest BCUT2D eigenvalue weighted by atomic mass is 79.9. The number of ether oxygens (including phenoxy) is 1. The summed E-state index contributed by atoms with van der Waals surface area (Å²) in [5.74, 6) is 0. The number of nitrogens with zero attached hydrogens (tertiary/aromatic N) is 2. The number of hydrogen-bond donors (Lipinski definition) is 1. The first-order valence-electron chi connectivity index (χ1n) is 7.50. The van der Waals surface area contributed by atoms with Gasteiger partial charge in [-0.05, 0) is 47.0 Å². The summed E-state index contributed by atoms with van der Waals surface area (Å²) in [5.41, 5.74) is 1.00. The number of pyridine rings is 1. The molecule has 122 valence electrons. The predicted octanol–water partition coefficient (Wildman–Crippen LogP) is 3.77. The molecule has 1 aliphatic heterocycles. The summed E-state index contributed by atoms with van der Waals surface area (Å²) in [5, 5.41) is 3.91. The molecule has 0 saturated carbocycles. The number of nitrogens with one attached hydrogen (secondary N) is 1. The molecule has 2 heterocycles. The Kier molecular flexibility index (Phi) is 6.47. The van der Waals surface area contributed by atoms with Gasteiger partial charge >= 0.3 is 6.09 Å². The standard InChI is InChI=1S/C15H21BrClN3O2/c1-3-4-5-22-15(21)20-8-10(2)18-12(9-20)11-6-13(16)19-14(17)7-11/h6-7,10,12,18H,3-5,8-9H2,1-2H3. The van der Waals surface area contributed by atoms with E-state index in [2.05, 4.69) is 40.1 Å². The van der Waals surface area contributed by atoms with Crippen molar-refractivity contribution < 1.29 is 9.53 Å². The van der Waals surface area contributed by atoms with Gasteiger partial charge in [0.05, 0.1) is 12.6 Å². The van der Waals surface area contributed by atoms with Crippen molar-refractivity contribution in [2.75, 3.05) is 19.7 Å². The Morgan fingerprint density at radius 2 is 2.32 bits per heavy atom.